The van der Waals surface area contributed by atoms with E-state index < -0.39 is 0 Å². The Bertz CT molecular complexity index is 323. The van der Waals surface area contributed by atoms with Gasteiger partial charge >= 0.3 is 0 Å². The maximum Gasteiger partial charge on any atom is 0.0421 e. The molecule has 0 saturated carbocycles. The summed E-state index contributed by atoms with van der Waals surface area (Å²) in [4.78, 5) is 0. The van der Waals surface area contributed by atoms with Crippen LogP contribution in [0.4, 0.5) is 0 Å². The summed E-state index contributed by atoms with van der Waals surface area (Å²) >= 11 is 6.83. The molecule has 0 N–H and O–H groups in total. The minimum Gasteiger partial charge on any atom is -0.115 e. The Labute approximate surface area is 107 Å². The number of benzene rings is 1. The first-order chi connectivity index (χ1) is 5.15. The lowest BCUT2D eigenvalue weighted by Gasteiger charge is -2.00. The molecule has 1 aromatic rings. The molecule has 0 atom stereocenters. The van der Waals surface area contributed by atoms with Crippen molar-refractivity contribution in [2.24, 2.45) is 0 Å². The van der Waals surface area contributed by atoms with Crippen molar-refractivity contribution in [3.63, 3.8) is 0 Å². The van der Waals surface area contributed by atoms with Crippen LogP contribution in [0.5, 0.6) is 0 Å². The third-order valence-electron chi connectivity index (χ3n) is 1.15. The SMILES string of the molecule is C#Cc1cc(I)cc(I)c1I. The van der Waals surface area contributed by atoms with Crippen molar-refractivity contribution in [1.82, 2.24) is 0 Å². The highest BCUT2D eigenvalue weighted by Gasteiger charge is 2.02. The average Bonchev–Trinajstić information content (AvgIpc) is 1.96. The summed E-state index contributed by atoms with van der Waals surface area (Å²) in [5.74, 6) is 2.66. The molecule has 0 nitrogen and oxygen atoms in total. The normalized spacial score (nSPS) is 9.27. The number of terminal acetylenes is 1. The summed E-state index contributed by atoms with van der Waals surface area (Å²) in [5.41, 5.74) is 0.988. The molecule has 0 unspecified atom stereocenters. The van der Waals surface area contributed by atoms with Crippen molar-refractivity contribution < 1.29 is 0 Å². The summed E-state index contributed by atoms with van der Waals surface area (Å²) in [5, 5.41) is 0. The van der Waals surface area contributed by atoms with Gasteiger partial charge in [-0.2, -0.15) is 0 Å². The van der Waals surface area contributed by atoms with Crippen LogP contribution in [-0.2, 0) is 0 Å². The van der Waals surface area contributed by atoms with E-state index in [9.17, 15) is 0 Å². The van der Waals surface area contributed by atoms with E-state index in [0.717, 1.165) is 5.56 Å². The average molecular weight is 480 g/mol. The van der Waals surface area contributed by atoms with Gasteiger partial charge in [-0.15, -0.1) is 6.42 Å². The zero-order chi connectivity index (χ0) is 8.43. The first-order valence-corrected chi connectivity index (χ1v) is 6.00. The molecule has 0 aliphatic heterocycles. The molecule has 0 aromatic heterocycles. The summed E-state index contributed by atoms with van der Waals surface area (Å²) in [7, 11) is 0. The van der Waals surface area contributed by atoms with Gasteiger partial charge in [0.25, 0.3) is 0 Å². The minimum absolute atomic E-state index is 0.988. The van der Waals surface area contributed by atoms with Gasteiger partial charge < -0.3 is 0 Å². The molecule has 1 aromatic carbocycles. The van der Waals surface area contributed by atoms with Crippen molar-refractivity contribution in [2.75, 3.05) is 0 Å². The van der Waals surface area contributed by atoms with Crippen LogP contribution in [0.25, 0.3) is 0 Å². The van der Waals surface area contributed by atoms with Crippen LogP contribution in [-0.4, -0.2) is 0 Å². The van der Waals surface area contributed by atoms with Gasteiger partial charge in [0.15, 0.2) is 0 Å². The van der Waals surface area contributed by atoms with E-state index >= 15 is 0 Å². The van der Waals surface area contributed by atoms with Crippen LogP contribution < -0.4 is 0 Å². The molecule has 0 bridgehead atoms. The number of rotatable bonds is 0. The monoisotopic (exact) mass is 480 g/mol. The maximum atomic E-state index is 5.33. The second-order valence-electron chi connectivity index (χ2n) is 1.89. The number of halogens is 3. The quantitative estimate of drug-likeness (QED) is 0.304. The van der Waals surface area contributed by atoms with Gasteiger partial charge in [-0.25, -0.2) is 0 Å². The third-order valence-corrected chi connectivity index (χ3v) is 4.82. The molecule has 3 heteroatoms. The Hall–Kier alpha value is 0.970. The van der Waals surface area contributed by atoms with Gasteiger partial charge in [-0.3, -0.25) is 0 Å². The van der Waals surface area contributed by atoms with E-state index in [-0.39, 0.29) is 0 Å². The molecule has 0 aliphatic carbocycles. The van der Waals surface area contributed by atoms with Crippen molar-refractivity contribution in [2.45, 2.75) is 0 Å². The second-order valence-corrected chi connectivity index (χ2v) is 5.38. The fraction of sp³-hybridized carbons (Fsp3) is 0. The second kappa shape index (κ2) is 4.28. The van der Waals surface area contributed by atoms with Gasteiger partial charge in [0, 0.05) is 16.3 Å². The van der Waals surface area contributed by atoms with Crippen molar-refractivity contribution in [3.8, 4) is 12.3 Å². The first kappa shape index (κ1) is 10.1. The van der Waals surface area contributed by atoms with Gasteiger partial charge in [0.2, 0.25) is 0 Å². The van der Waals surface area contributed by atoms with Crippen LogP contribution in [0, 0.1) is 23.1 Å². The van der Waals surface area contributed by atoms with E-state index in [0.29, 0.717) is 0 Å². The zero-order valence-corrected chi connectivity index (χ0v) is 11.8. The van der Waals surface area contributed by atoms with Crippen LogP contribution >= 0.6 is 67.8 Å². The van der Waals surface area contributed by atoms with Crippen LogP contribution in [0.1, 0.15) is 5.56 Å². The lowest BCUT2D eigenvalue weighted by atomic mass is 10.2. The zero-order valence-electron chi connectivity index (χ0n) is 5.37. The largest absolute Gasteiger partial charge is 0.115 e. The molecular weight excluding hydrogens is 477 g/mol. The lowest BCUT2D eigenvalue weighted by Crippen LogP contribution is -1.87. The molecular formula is C8H3I3. The molecule has 0 saturated heterocycles. The van der Waals surface area contributed by atoms with E-state index in [1.165, 1.54) is 10.7 Å². The smallest absolute Gasteiger partial charge is 0.0421 e. The Morgan fingerprint density at radius 2 is 1.82 bits per heavy atom. The summed E-state index contributed by atoms with van der Waals surface area (Å²) < 4.78 is 3.59. The van der Waals surface area contributed by atoms with Gasteiger partial charge in [-0.05, 0) is 79.9 Å². The molecule has 0 fully saturated rings. The summed E-state index contributed by atoms with van der Waals surface area (Å²) in [6, 6.07) is 4.13. The molecule has 0 spiro atoms. The lowest BCUT2D eigenvalue weighted by molar-refractivity contribution is 1.50. The standard InChI is InChI=1S/C8H3I3/c1-2-5-3-6(9)4-7(10)8(5)11/h1,3-4H. The molecule has 0 aliphatic rings. The Morgan fingerprint density at radius 1 is 1.18 bits per heavy atom. The Kier molecular flexibility index (Phi) is 3.91. The van der Waals surface area contributed by atoms with E-state index in [1.807, 2.05) is 6.07 Å². The van der Waals surface area contributed by atoms with E-state index in [1.54, 1.807) is 0 Å². The molecule has 1 rings (SSSR count). The molecule has 0 heterocycles. The predicted octanol–water partition coefficient (Wildman–Crippen LogP) is 3.48. The minimum atomic E-state index is 0.988. The summed E-state index contributed by atoms with van der Waals surface area (Å²) in [6.07, 6.45) is 5.33. The highest BCUT2D eigenvalue weighted by Crippen LogP contribution is 2.21. The molecule has 0 amide bonds. The summed E-state index contributed by atoms with van der Waals surface area (Å²) in [6.45, 7) is 0. The fourth-order valence-electron chi connectivity index (χ4n) is 0.661. The van der Waals surface area contributed by atoms with Gasteiger partial charge in [0.1, 0.15) is 0 Å². The Morgan fingerprint density at radius 3 is 2.36 bits per heavy atom. The molecule has 0 radical (unpaired) electrons. The van der Waals surface area contributed by atoms with Crippen LogP contribution in [0.15, 0.2) is 12.1 Å². The van der Waals surface area contributed by atoms with E-state index in [4.69, 9.17) is 6.42 Å². The van der Waals surface area contributed by atoms with Gasteiger partial charge in [0.05, 0.1) is 0 Å². The van der Waals surface area contributed by atoms with Crippen molar-refractivity contribution >= 4 is 67.8 Å². The first-order valence-electron chi connectivity index (χ1n) is 2.76. The molecule has 11 heavy (non-hydrogen) atoms. The molecule has 56 valence electrons. The number of hydrogen-bond acceptors (Lipinski definition) is 0. The van der Waals surface area contributed by atoms with Gasteiger partial charge in [-0.1, -0.05) is 5.92 Å². The van der Waals surface area contributed by atoms with Crippen molar-refractivity contribution in [1.29, 1.82) is 0 Å². The highest BCUT2D eigenvalue weighted by molar-refractivity contribution is 14.1. The van der Waals surface area contributed by atoms with Crippen LogP contribution in [0.2, 0.25) is 0 Å². The van der Waals surface area contributed by atoms with Crippen molar-refractivity contribution in [3.05, 3.63) is 28.4 Å². The topological polar surface area (TPSA) is 0 Å². The predicted molar refractivity (Wildman–Crippen MR) is 72.5 cm³/mol. The fourth-order valence-corrected chi connectivity index (χ4v) is 2.97. The van der Waals surface area contributed by atoms with E-state index in [2.05, 4.69) is 79.8 Å². The maximum absolute atomic E-state index is 5.33. The third kappa shape index (κ3) is 2.45. The highest BCUT2D eigenvalue weighted by atomic mass is 127. The number of hydrogen-bond donors (Lipinski definition) is 0. The Balaban J connectivity index is 3.39. The van der Waals surface area contributed by atoms with Crippen LogP contribution in [0.3, 0.4) is 0 Å².